The minimum Gasteiger partial charge on any atom is -0.394 e. The summed E-state index contributed by atoms with van der Waals surface area (Å²) in [6.07, 6.45) is -0.0279. The molecule has 0 aromatic heterocycles. The third kappa shape index (κ3) is 3.83. The number of carbonyl (C=O) groups is 1. The molecule has 0 spiro atoms. The molecule has 0 fully saturated rings. The molecule has 82 valence electrons. The maximum Gasteiger partial charge on any atom is 0.150 e. The summed E-state index contributed by atoms with van der Waals surface area (Å²) in [4.78, 5) is 11.2. The van der Waals surface area contributed by atoms with Gasteiger partial charge in [0.2, 0.25) is 0 Å². The number of carbonyl (C=O) groups excluding carboxylic acids is 1. The number of hydrogen-bond acceptors (Lipinski definition) is 4. The first kappa shape index (κ1) is 12.5. The molecule has 1 atom stereocenters. The highest BCUT2D eigenvalue weighted by Gasteiger charge is 2.06. The summed E-state index contributed by atoms with van der Waals surface area (Å²) in [5.41, 5.74) is 0.520. The molecule has 1 rings (SSSR count). The SMILES string of the molecule is O=Cc1ccc(SCC(O)CO)c(Cl)c1. The van der Waals surface area contributed by atoms with Crippen LogP contribution in [0, 0.1) is 0 Å². The Morgan fingerprint density at radius 3 is 2.80 bits per heavy atom. The minimum atomic E-state index is -0.753. The van der Waals surface area contributed by atoms with E-state index in [0.717, 1.165) is 11.2 Å². The van der Waals surface area contributed by atoms with Gasteiger partial charge in [-0.15, -0.1) is 11.8 Å². The van der Waals surface area contributed by atoms with Crippen molar-refractivity contribution in [2.45, 2.75) is 11.0 Å². The largest absolute Gasteiger partial charge is 0.394 e. The van der Waals surface area contributed by atoms with Crippen molar-refractivity contribution in [3.05, 3.63) is 28.8 Å². The van der Waals surface area contributed by atoms with E-state index in [1.54, 1.807) is 18.2 Å². The summed E-state index contributed by atoms with van der Waals surface area (Å²) in [6.45, 7) is -0.267. The number of aliphatic hydroxyl groups excluding tert-OH is 2. The molecule has 1 aromatic rings. The molecule has 0 radical (unpaired) electrons. The fourth-order valence-corrected chi connectivity index (χ4v) is 2.14. The molecule has 0 aliphatic rings. The zero-order valence-corrected chi connectivity index (χ0v) is 9.46. The molecule has 5 heteroatoms. The van der Waals surface area contributed by atoms with Gasteiger partial charge in [0, 0.05) is 16.2 Å². The fourth-order valence-electron chi connectivity index (χ4n) is 0.946. The quantitative estimate of drug-likeness (QED) is 0.612. The van der Waals surface area contributed by atoms with Gasteiger partial charge >= 0.3 is 0 Å². The molecule has 0 aliphatic carbocycles. The van der Waals surface area contributed by atoms with Crippen LogP contribution in [0.25, 0.3) is 0 Å². The first-order valence-electron chi connectivity index (χ1n) is 4.34. The van der Waals surface area contributed by atoms with Crippen LogP contribution in [0.2, 0.25) is 5.02 Å². The Balaban J connectivity index is 2.65. The van der Waals surface area contributed by atoms with Crippen molar-refractivity contribution in [1.29, 1.82) is 0 Å². The van der Waals surface area contributed by atoms with Crippen LogP contribution in [0.3, 0.4) is 0 Å². The van der Waals surface area contributed by atoms with Gasteiger partial charge in [0.05, 0.1) is 17.7 Å². The molecule has 0 bridgehead atoms. The first-order chi connectivity index (χ1) is 7.17. The average Bonchev–Trinajstić information content (AvgIpc) is 2.26. The van der Waals surface area contributed by atoms with Crippen molar-refractivity contribution >= 4 is 29.6 Å². The second-order valence-corrected chi connectivity index (χ2v) is 4.42. The Labute approximate surface area is 97.1 Å². The van der Waals surface area contributed by atoms with Gasteiger partial charge in [-0.3, -0.25) is 4.79 Å². The summed E-state index contributed by atoms with van der Waals surface area (Å²) in [7, 11) is 0. The lowest BCUT2D eigenvalue weighted by Crippen LogP contribution is -2.14. The predicted octanol–water partition coefficient (Wildman–Crippen LogP) is 1.60. The Hall–Kier alpha value is -0.550. The van der Waals surface area contributed by atoms with Gasteiger partial charge in [-0.1, -0.05) is 17.7 Å². The predicted molar refractivity (Wildman–Crippen MR) is 60.7 cm³/mol. The number of rotatable bonds is 5. The van der Waals surface area contributed by atoms with Gasteiger partial charge in [-0.05, 0) is 12.1 Å². The molecule has 0 saturated heterocycles. The van der Waals surface area contributed by atoms with Crippen molar-refractivity contribution in [2.24, 2.45) is 0 Å². The molecular formula is C10H11ClO3S. The topological polar surface area (TPSA) is 57.5 Å². The van der Waals surface area contributed by atoms with Gasteiger partial charge in [-0.25, -0.2) is 0 Å². The fraction of sp³-hybridized carbons (Fsp3) is 0.300. The van der Waals surface area contributed by atoms with E-state index >= 15 is 0 Å². The Morgan fingerprint density at radius 1 is 1.53 bits per heavy atom. The van der Waals surface area contributed by atoms with Crippen LogP contribution in [-0.4, -0.2) is 35.0 Å². The van der Waals surface area contributed by atoms with Crippen molar-refractivity contribution in [2.75, 3.05) is 12.4 Å². The summed E-state index contributed by atoms with van der Waals surface area (Å²) in [6, 6.07) is 4.95. The van der Waals surface area contributed by atoms with Crippen molar-refractivity contribution < 1.29 is 15.0 Å². The van der Waals surface area contributed by atoms with E-state index in [2.05, 4.69) is 0 Å². The highest BCUT2D eigenvalue weighted by Crippen LogP contribution is 2.28. The Kier molecular flexibility index (Phi) is 5.11. The molecule has 15 heavy (non-hydrogen) atoms. The number of halogens is 1. The molecular weight excluding hydrogens is 236 g/mol. The van der Waals surface area contributed by atoms with E-state index in [1.165, 1.54) is 11.8 Å². The molecule has 0 saturated carbocycles. The van der Waals surface area contributed by atoms with Crippen LogP contribution >= 0.6 is 23.4 Å². The number of thioether (sulfide) groups is 1. The van der Waals surface area contributed by atoms with E-state index in [-0.39, 0.29) is 6.61 Å². The lowest BCUT2D eigenvalue weighted by molar-refractivity contribution is 0.112. The third-order valence-electron chi connectivity index (χ3n) is 1.73. The van der Waals surface area contributed by atoms with E-state index in [4.69, 9.17) is 21.8 Å². The Bertz CT molecular complexity index is 343. The minimum absolute atomic E-state index is 0.267. The Morgan fingerprint density at radius 2 is 2.27 bits per heavy atom. The highest BCUT2D eigenvalue weighted by molar-refractivity contribution is 7.99. The molecule has 0 heterocycles. The number of hydrogen-bond donors (Lipinski definition) is 2. The molecule has 0 amide bonds. The monoisotopic (exact) mass is 246 g/mol. The van der Waals surface area contributed by atoms with Gasteiger partial charge in [0.15, 0.2) is 0 Å². The van der Waals surface area contributed by atoms with Crippen LogP contribution in [0.4, 0.5) is 0 Å². The zero-order chi connectivity index (χ0) is 11.3. The molecule has 0 aliphatic heterocycles. The van der Waals surface area contributed by atoms with Crippen molar-refractivity contribution in [3.63, 3.8) is 0 Å². The van der Waals surface area contributed by atoms with Gasteiger partial charge < -0.3 is 10.2 Å². The van der Waals surface area contributed by atoms with Crippen molar-refractivity contribution in [3.8, 4) is 0 Å². The van der Waals surface area contributed by atoms with Crippen LogP contribution in [0.5, 0.6) is 0 Å². The second-order valence-electron chi connectivity index (χ2n) is 2.96. The van der Waals surface area contributed by atoms with Gasteiger partial charge in [0.25, 0.3) is 0 Å². The van der Waals surface area contributed by atoms with E-state index in [0.29, 0.717) is 16.3 Å². The molecule has 1 unspecified atom stereocenters. The van der Waals surface area contributed by atoms with E-state index in [1.807, 2.05) is 0 Å². The van der Waals surface area contributed by atoms with Gasteiger partial charge in [-0.2, -0.15) is 0 Å². The first-order valence-corrected chi connectivity index (χ1v) is 5.70. The molecule has 1 aromatic carbocycles. The number of aliphatic hydroxyl groups is 2. The highest BCUT2D eigenvalue weighted by atomic mass is 35.5. The smallest absolute Gasteiger partial charge is 0.150 e. The summed E-state index contributed by atoms with van der Waals surface area (Å²) < 4.78 is 0. The van der Waals surface area contributed by atoms with E-state index < -0.39 is 6.10 Å². The van der Waals surface area contributed by atoms with Crippen LogP contribution in [-0.2, 0) is 0 Å². The third-order valence-corrected chi connectivity index (χ3v) is 3.38. The maximum atomic E-state index is 10.4. The van der Waals surface area contributed by atoms with Crippen LogP contribution < -0.4 is 0 Å². The maximum absolute atomic E-state index is 10.4. The average molecular weight is 247 g/mol. The van der Waals surface area contributed by atoms with Crippen molar-refractivity contribution in [1.82, 2.24) is 0 Å². The number of aldehydes is 1. The van der Waals surface area contributed by atoms with Crippen LogP contribution in [0.15, 0.2) is 23.1 Å². The normalized spacial score (nSPS) is 12.5. The molecule has 2 N–H and O–H groups in total. The van der Waals surface area contributed by atoms with Crippen LogP contribution in [0.1, 0.15) is 10.4 Å². The molecule has 3 nitrogen and oxygen atoms in total. The van der Waals surface area contributed by atoms with Gasteiger partial charge in [0.1, 0.15) is 6.29 Å². The lowest BCUT2D eigenvalue weighted by atomic mass is 10.2. The second kappa shape index (κ2) is 6.12. The summed E-state index contributed by atoms with van der Waals surface area (Å²) in [5.74, 6) is 0.372. The summed E-state index contributed by atoms with van der Waals surface area (Å²) >= 11 is 7.25. The van der Waals surface area contributed by atoms with E-state index in [9.17, 15) is 4.79 Å². The number of benzene rings is 1. The standard InChI is InChI=1S/C10H11ClO3S/c11-9-3-7(4-12)1-2-10(9)15-6-8(14)5-13/h1-4,8,13-14H,5-6H2. The lowest BCUT2D eigenvalue weighted by Gasteiger charge is -2.07. The zero-order valence-electron chi connectivity index (χ0n) is 7.89. The summed E-state index contributed by atoms with van der Waals surface area (Å²) in [5, 5.41) is 18.2.